The lowest BCUT2D eigenvalue weighted by molar-refractivity contribution is -0.129. The molecule has 0 bridgehead atoms. The van der Waals surface area contributed by atoms with Crippen LogP contribution in [0.3, 0.4) is 0 Å². The largest absolute Gasteiger partial charge is 0.343 e. The number of nitrogens with one attached hydrogen (secondary N) is 2. The molecule has 1 aliphatic rings. The van der Waals surface area contributed by atoms with Gasteiger partial charge in [-0.15, -0.1) is 0 Å². The Morgan fingerprint density at radius 2 is 1.96 bits per heavy atom. The molecule has 2 heterocycles. The van der Waals surface area contributed by atoms with Gasteiger partial charge in [0.05, 0.1) is 6.04 Å². The van der Waals surface area contributed by atoms with Gasteiger partial charge < -0.3 is 10.6 Å². The maximum absolute atomic E-state index is 13.1. The van der Waals surface area contributed by atoms with Crippen molar-refractivity contribution < 1.29 is 9.59 Å². The minimum atomic E-state index is -0.572. The van der Waals surface area contributed by atoms with Gasteiger partial charge in [0.2, 0.25) is 5.91 Å². The van der Waals surface area contributed by atoms with E-state index in [2.05, 4.69) is 29.5 Å². The number of nitrogens with zero attached hydrogens (tertiary/aromatic N) is 2. The topological polar surface area (TPSA) is 74.3 Å². The predicted octanol–water partition coefficient (Wildman–Crippen LogP) is 1.45. The molecule has 0 aliphatic carbocycles. The average Bonchev–Trinajstić information content (AvgIpc) is 2.82. The standard InChI is InChI=1S/C18H28N4O2/c1-11(2)14(21-16(23)12(3)19-6)17(24)22-10-18(4,5)13-8-7-9-20-15(13)22/h7-9,11-12,14,19H,10H2,1-6H3,(H,21,23)/t12-,14?/m0/s1. The Balaban J connectivity index is 2.27. The molecule has 0 saturated heterocycles. The van der Waals surface area contributed by atoms with E-state index in [1.54, 1.807) is 25.1 Å². The van der Waals surface area contributed by atoms with Crippen LogP contribution in [0.4, 0.5) is 5.82 Å². The van der Waals surface area contributed by atoms with E-state index in [4.69, 9.17) is 0 Å². The maximum Gasteiger partial charge on any atom is 0.251 e. The molecule has 2 rings (SSSR count). The summed E-state index contributed by atoms with van der Waals surface area (Å²) in [6.45, 7) is 10.4. The zero-order chi connectivity index (χ0) is 18.1. The second-order valence-electron chi connectivity index (χ2n) is 7.42. The van der Waals surface area contributed by atoms with Crippen molar-refractivity contribution in [3.05, 3.63) is 23.9 Å². The summed E-state index contributed by atoms with van der Waals surface area (Å²) in [5.41, 5.74) is 0.916. The molecule has 0 aromatic carbocycles. The molecule has 0 saturated carbocycles. The summed E-state index contributed by atoms with van der Waals surface area (Å²) in [5, 5.41) is 5.78. The number of aromatic nitrogens is 1. The van der Waals surface area contributed by atoms with Crippen LogP contribution in [0.2, 0.25) is 0 Å². The fourth-order valence-corrected chi connectivity index (χ4v) is 2.97. The molecule has 6 nitrogen and oxygen atoms in total. The van der Waals surface area contributed by atoms with Crippen molar-refractivity contribution in [3.8, 4) is 0 Å². The molecule has 132 valence electrons. The highest BCUT2D eigenvalue weighted by molar-refractivity contribution is 6.01. The van der Waals surface area contributed by atoms with Gasteiger partial charge in [-0.25, -0.2) is 4.98 Å². The Labute approximate surface area is 144 Å². The van der Waals surface area contributed by atoms with Gasteiger partial charge in [-0.1, -0.05) is 33.8 Å². The van der Waals surface area contributed by atoms with Crippen LogP contribution in [-0.4, -0.2) is 42.5 Å². The first-order valence-electron chi connectivity index (χ1n) is 8.43. The molecule has 6 heteroatoms. The number of carbonyl (C=O) groups is 2. The van der Waals surface area contributed by atoms with Crippen molar-refractivity contribution in [2.24, 2.45) is 5.92 Å². The van der Waals surface area contributed by atoms with Crippen LogP contribution in [0, 0.1) is 5.92 Å². The SMILES string of the molecule is CN[C@@H](C)C(=O)NC(C(=O)N1CC(C)(C)c2cccnc21)C(C)C. The normalized spacial score (nSPS) is 18.2. The molecule has 24 heavy (non-hydrogen) atoms. The molecular formula is C18H28N4O2. The lowest BCUT2D eigenvalue weighted by Gasteiger charge is -2.28. The number of anilines is 1. The van der Waals surface area contributed by atoms with E-state index in [1.165, 1.54) is 0 Å². The maximum atomic E-state index is 13.1. The highest BCUT2D eigenvalue weighted by Crippen LogP contribution is 2.39. The second kappa shape index (κ2) is 6.89. The van der Waals surface area contributed by atoms with Crippen LogP contribution >= 0.6 is 0 Å². The minimum absolute atomic E-state index is 0.0126. The Morgan fingerprint density at radius 3 is 2.54 bits per heavy atom. The number of likely N-dealkylation sites (N-methyl/N-ethyl adjacent to an activating group) is 1. The number of amides is 2. The molecule has 1 aliphatic heterocycles. The van der Waals surface area contributed by atoms with Gasteiger partial charge in [-0.3, -0.25) is 14.5 Å². The van der Waals surface area contributed by atoms with E-state index in [0.29, 0.717) is 12.4 Å². The van der Waals surface area contributed by atoms with E-state index in [9.17, 15) is 9.59 Å². The second-order valence-corrected chi connectivity index (χ2v) is 7.42. The summed E-state index contributed by atoms with van der Waals surface area (Å²) in [4.78, 5) is 31.5. The van der Waals surface area contributed by atoms with Gasteiger partial charge in [0.25, 0.3) is 5.91 Å². The molecule has 0 spiro atoms. The minimum Gasteiger partial charge on any atom is -0.343 e. The van der Waals surface area contributed by atoms with E-state index >= 15 is 0 Å². The van der Waals surface area contributed by atoms with Crippen molar-refractivity contribution in [1.29, 1.82) is 0 Å². The van der Waals surface area contributed by atoms with Crippen LogP contribution in [-0.2, 0) is 15.0 Å². The number of fused-ring (bicyclic) bond motifs is 1. The van der Waals surface area contributed by atoms with Crippen molar-refractivity contribution in [3.63, 3.8) is 0 Å². The molecule has 2 N–H and O–H groups in total. The van der Waals surface area contributed by atoms with Crippen LogP contribution < -0.4 is 15.5 Å². The number of hydrogen-bond acceptors (Lipinski definition) is 4. The Morgan fingerprint density at radius 1 is 1.29 bits per heavy atom. The zero-order valence-corrected chi connectivity index (χ0v) is 15.4. The van der Waals surface area contributed by atoms with Gasteiger partial charge in [0.15, 0.2) is 0 Å². The van der Waals surface area contributed by atoms with Gasteiger partial charge in [-0.2, -0.15) is 0 Å². The molecule has 1 unspecified atom stereocenters. The van der Waals surface area contributed by atoms with Crippen LogP contribution in [0.15, 0.2) is 18.3 Å². The number of hydrogen-bond donors (Lipinski definition) is 2. The summed E-state index contributed by atoms with van der Waals surface area (Å²) in [5.74, 6) is 0.409. The van der Waals surface area contributed by atoms with E-state index < -0.39 is 6.04 Å². The van der Waals surface area contributed by atoms with Gasteiger partial charge in [0.1, 0.15) is 11.9 Å². The molecule has 1 aromatic rings. The number of carbonyl (C=O) groups excluding carboxylic acids is 2. The third kappa shape index (κ3) is 3.43. The monoisotopic (exact) mass is 332 g/mol. The fraction of sp³-hybridized carbons (Fsp3) is 0.611. The molecule has 1 aromatic heterocycles. The molecule has 0 radical (unpaired) electrons. The van der Waals surface area contributed by atoms with Crippen molar-refractivity contribution >= 4 is 17.6 Å². The summed E-state index contributed by atoms with van der Waals surface area (Å²) < 4.78 is 0. The summed E-state index contributed by atoms with van der Waals surface area (Å²) in [6.07, 6.45) is 1.70. The van der Waals surface area contributed by atoms with Crippen LogP contribution in [0.25, 0.3) is 0 Å². The molecule has 2 atom stereocenters. The summed E-state index contributed by atoms with van der Waals surface area (Å²) in [6, 6.07) is 2.99. The van der Waals surface area contributed by atoms with Gasteiger partial charge in [0, 0.05) is 23.7 Å². The highest BCUT2D eigenvalue weighted by Gasteiger charge is 2.41. The zero-order valence-electron chi connectivity index (χ0n) is 15.4. The third-order valence-electron chi connectivity index (χ3n) is 4.65. The Hall–Kier alpha value is -1.95. The predicted molar refractivity (Wildman–Crippen MR) is 94.9 cm³/mol. The summed E-state index contributed by atoms with van der Waals surface area (Å²) in [7, 11) is 1.72. The molecule has 2 amide bonds. The van der Waals surface area contributed by atoms with Crippen molar-refractivity contribution in [2.75, 3.05) is 18.5 Å². The quantitative estimate of drug-likeness (QED) is 0.856. The highest BCUT2D eigenvalue weighted by atomic mass is 16.2. The lowest BCUT2D eigenvalue weighted by Crippen LogP contribution is -2.55. The van der Waals surface area contributed by atoms with E-state index in [0.717, 1.165) is 5.56 Å². The smallest absolute Gasteiger partial charge is 0.251 e. The first-order chi connectivity index (χ1) is 11.2. The summed E-state index contributed by atoms with van der Waals surface area (Å²) >= 11 is 0. The fourth-order valence-electron chi connectivity index (χ4n) is 2.97. The molecular weight excluding hydrogens is 304 g/mol. The first-order valence-corrected chi connectivity index (χ1v) is 8.43. The first kappa shape index (κ1) is 18.4. The Kier molecular flexibility index (Phi) is 5.28. The van der Waals surface area contributed by atoms with Crippen molar-refractivity contribution in [2.45, 2.75) is 52.1 Å². The lowest BCUT2D eigenvalue weighted by atomic mass is 9.88. The number of rotatable bonds is 5. The van der Waals surface area contributed by atoms with Crippen LogP contribution in [0.5, 0.6) is 0 Å². The van der Waals surface area contributed by atoms with Gasteiger partial charge in [-0.05, 0) is 26.0 Å². The van der Waals surface area contributed by atoms with Crippen LogP contribution in [0.1, 0.15) is 40.2 Å². The van der Waals surface area contributed by atoms with E-state index in [-0.39, 0.29) is 29.2 Å². The van der Waals surface area contributed by atoms with E-state index in [1.807, 2.05) is 26.0 Å². The van der Waals surface area contributed by atoms with Gasteiger partial charge >= 0.3 is 0 Å². The Bertz CT molecular complexity index is 627. The van der Waals surface area contributed by atoms with Crippen molar-refractivity contribution in [1.82, 2.24) is 15.6 Å². The number of pyridine rings is 1. The third-order valence-corrected chi connectivity index (χ3v) is 4.65. The average molecular weight is 332 g/mol. The molecule has 0 fully saturated rings.